The van der Waals surface area contributed by atoms with Crippen LogP contribution < -0.4 is 0 Å². The normalized spacial score (nSPS) is 13.2. The van der Waals surface area contributed by atoms with Crippen LogP contribution in [0.25, 0.3) is 0 Å². The van der Waals surface area contributed by atoms with E-state index in [2.05, 4.69) is 179 Å². The first-order chi connectivity index (χ1) is 40.0. The highest BCUT2D eigenvalue weighted by atomic mass is 16.6. The standard InChI is InChI=1S/C75H120O6/c1-4-7-10-13-16-19-22-25-27-29-30-31-32-33-34-35-36-37-38-39-40-41-42-43-44-46-47-50-53-56-59-62-65-68-74(77)80-71-72(70-79-73(76)67-64-61-58-55-52-49-24-21-18-15-12-9-6-3)81-75(78)69-66-63-60-57-54-51-48-45-28-26-23-20-17-14-11-8-5-2/h7-8,10-11,16-17,19-21,24-28,30-31,33-34,36-37,39-40,42-43,48,51,72H,4-6,9,12-15,18,22-23,29,32,35,38,41,44-47,49-50,52-71H2,1-3H3/b10-7-,11-8-,19-16-,20-17-,24-21-,27-25-,28-26-,31-30-,34-33-,37-36-,40-39-,43-42-,51-48-. The molecule has 0 fully saturated rings. The van der Waals surface area contributed by atoms with Crippen LogP contribution in [-0.4, -0.2) is 37.2 Å². The average molecular weight is 1120 g/mol. The highest BCUT2D eigenvalue weighted by molar-refractivity contribution is 5.71. The number of hydrogen-bond acceptors (Lipinski definition) is 6. The molecule has 6 heteroatoms. The molecule has 0 rings (SSSR count). The number of rotatable bonds is 58. The van der Waals surface area contributed by atoms with Crippen molar-refractivity contribution in [3.05, 3.63) is 158 Å². The van der Waals surface area contributed by atoms with Crippen LogP contribution in [0.5, 0.6) is 0 Å². The molecule has 0 heterocycles. The molecule has 1 atom stereocenters. The molecule has 0 aliphatic rings. The van der Waals surface area contributed by atoms with E-state index in [1.54, 1.807) is 0 Å². The number of unbranched alkanes of at least 4 members (excludes halogenated alkanes) is 21. The van der Waals surface area contributed by atoms with Gasteiger partial charge >= 0.3 is 17.9 Å². The molecule has 0 aromatic rings. The van der Waals surface area contributed by atoms with Crippen molar-refractivity contribution in [1.82, 2.24) is 0 Å². The molecule has 0 saturated carbocycles. The van der Waals surface area contributed by atoms with Crippen molar-refractivity contribution in [2.24, 2.45) is 0 Å². The molecule has 0 radical (unpaired) electrons. The average Bonchev–Trinajstić information content (AvgIpc) is 3.46. The van der Waals surface area contributed by atoms with Gasteiger partial charge in [0, 0.05) is 19.3 Å². The van der Waals surface area contributed by atoms with Gasteiger partial charge in [-0.1, -0.05) is 269 Å². The van der Waals surface area contributed by atoms with Gasteiger partial charge in [-0.2, -0.15) is 0 Å². The van der Waals surface area contributed by atoms with Gasteiger partial charge in [-0.05, 0) is 148 Å². The minimum Gasteiger partial charge on any atom is -0.462 e. The third-order valence-corrected chi connectivity index (χ3v) is 13.5. The Kier molecular flexibility index (Phi) is 63.4. The first kappa shape index (κ1) is 76.0. The second kappa shape index (κ2) is 67.5. The van der Waals surface area contributed by atoms with E-state index in [9.17, 15) is 14.4 Å². The summed E-state index contributed by atoms with van der Waals surface area (Å²) < 4.78 is 16.9. The highest BCUT2D eigenvalue weighted by Gasteiger charge is 2.19. The Morgan fingerprint density at radius 1 is 0.259 bits per heavy atom. The number of allylic oxidation sites excluding steroid dienone is 26. The summed E-state index contributed by atoms with van der Waals surface area (Å²) in [4.78, 5) is 38.3. The van der Waals surface area contributed by atoms with Crippen LogP contribution >= 0.6 is 0 Å². The summed E-state index contributed by atoms with van der Waals surface area (Å²) in [5.74, 6) is -0.942. The largest absolute Gasteiger partial charge is 0.462 e. The van der Waals surface area contributed by atoms with Gasteiger partial charge in [-0.3, -0.25) is 14.4 Å². The lowest BCUT2D eigenvalue weighted by atomic mass is 10.1. The summed E-state index contributed by atoms with van der Waals surface area (Å²) in [5.41, 5.74) is 0. The quantitative estimate of drug-likeness (QED) is 0.0261. The van der Waals surface area contributed by atoms with Crippen LogP contribution in [0.15, 0.2) is 158 Å². The lowest BCUT2D eigenvalue weighted by molar-refractivity contribution is -0.167. The predicted molar refractivity (Wildman–Crippen MR) is 352 cm³/mol. The van der Waals surface area contributed by atoms with Crippen LogP contribution in [0, 0.1) is 0 Å². The summed E-state index contributed by atoms with van der Waals surface area (Å²) in [6.07, 6.45) is 98.2. The van der Waals surface area contributed by atoms with Gasteiger partial charge in [0.2, 0.25) is 0 Å². The van der Waals surface area contributed by atoms with Crippen molar-refractivity contribution in [3.8, 4) is 0 Å². The predicted octanol–water partition coefficient (Wildman–Crippen LogP) is 22.9. The van der Waals surface area contributed by atoms with E-state index in [1.165, 1.54) is 70.6 Å². The Morgan fingerprint density at radius 2 is 0.481 bits per heavy atom. The molecule has 81 heavy (non-hydrogen) atoms. The van der Waals surface area contributed by atoms with Crippen molar-refractivity contribution < 1.29 is 28.6 Å². The number of ether oxygens (including phenoxy) is 3. The fourth-order valence-corrected chi connectivity index (χ4v) is 8.62. The van der Waals surface area contributed by atoms with E-state index in [0.29, 0.717) is 19.3 Å². The zero-order valence-corrected chi connectivity index (χ0v) is 52.2. The first-order valence-corrected chi connectivity index (χ1v) is 33.0. The minimum absolute atomic E-state index is 0.0998. The zero-order chi connectivity index (χ0) is 58.5. The first-order valence-electron chi connectivity index (χ1n) is 33.0. The van der Waals surface area contributed by atoms with Crippen molar-refractivity contribution in [2.45, 2.75) is 284 Å². The third kappa shape index (κ3) is 65.7. The minimum atomic E-state index is -0.805. The number of carbonyl (C=O) groups excluding carboxylic acids is 3. The summed E-state index contributed by atoms with van der Waals surface area (Å²) in [7, 11) is 0. The molecule has 0 aromatic heterocycles. The molecule has 0 saturated heterocycles. The smallest absolute Gasteiger partial charge is 0.306 e. The molecule has 0 spiro atoms. The van der Waals surface area contributed by atoms with Crippen LogP contribution in [-0.2, 0) is 28.6 Å². The van der Waals surface area contributed by atoms with Gasteiger partial charge < -0.3 is 14.2 Å². The van der Waals surface area contributed by atoms with E-state index in [-0.39, 0.29) is 31.1 Å². The van der Waals surface area contributed by atoms with Gasteiger partial charge in [0.15, 0.2) is 6.10 Å². The van der Waals surface area contributed by atoms with Gasteiger partial charge in [0.25, 0.3) is 0 Å². The number of esters is 3. The molecule has 0 amide bonds. The van der Waals surface area contributed by atoms with E-state index in [1.807, 2.05) is 0 Å². The maximum Gasteiger partial charge on any atom is 0.306 e. The maximum atomic E-state index is 12.9. The monoisotopic (exact) mass is 1120 g/mol. The molecule has 6 nitrogen and oxygen atoms in total. The van der Waals surface area contributed by atoms with Gasteiger partial charge in [-0.25, -0.2) is 0 Å². The molecule has 456 valence electrons. The Bertz CT molecular complexity index is 1810. The van der Waals surface area contributed by atoms with Crippen molar-refractivity contribution in [2.75, 3.05) is 13.2 Å². The van der Waals surface area contributed by atoms with Gasteiger partial charge in [-0.15, -0.1) is 0 Å². The molecular formula is C75H120O6. The molecule has 0 N–H and O–H groups in total. The van der Waals surface area contributed by atoms with E-state index < -0.39 is 6.10 Å². The topological polar surface area (TPSA) is 78.9 Å². The Hall–Kier alpha value is -4.97. The zero-order valence-electron chi connectivity index (χ0n) is 52.2. The Morgan fingerprint density at radius 3 is 0.765 bits per heavy atom. The lowest BCUT2D eigenvalue weighted by Gasteiger charge is -2.18. The van der Waals surface area contributed by atoms with Crippen LogP contribution in [0.3, 0.4) is 0 Å². The molecular weight excluding hydrogens is 997 g/mol. The maximum absolute atomic E-state index is 12.9. The van der Waals surface area contributed by atoms with Gasteiger partial charge in [0.05, 0.1) is 0 Å². The molecule has 0 aliphatic heterocycles. The summed E-state index contributed by atoms with van der Waals surface area (Å²) in [6.45, 7) is 6.36. The molecule has 0 bridgehead atoms. The summed E-state index contributed by atoms with van der Waals surface area (Å²) >= 11 is 0. The van der Waals surface area contributed by atoms with Crippen LogP contribution in [0.1, 0.15) is 278 Å². The van der Waals surface area contributed by atoms with E-state index in [4.69, 9.17) is 14.2 Å². The highest BCUT2D eigenvalue weighted by Crippen LogP contribution is 2.14. The van der Waals surface area contributed by atoms with E-state index in [0.717, 1.165) is 167 Å². The van der Waals surface area contributed by atoms with Crippen molar-refractivity contribution >= 4 is 17.9 Å². The molecule has 0 aromatic carbocycles. The van der Waals surface area contributed by atoms with Gasteiger partial charge in [0.1, 0.15) is 13.2 Å². The molecule has 0 aliphatic carbocycles. The fraction of sp³-hybridized carbons (Fsp3) is 0.613. The van der Waals surface area contributed by atoms with Crippen molar-refractivity contribution in [1.29, 1.82) is 0 Å². The van der Waals surface area contributed by atoms with Crippen LogP contribution in [0.4, 0.5) is 0 Å². The lowest BCUT2D eigenvalue weighted by Crippen LogP contribution is -2.30. The fourth-order valence-electron chi connectivity index (χ4n) is 8.62. The Balaban J connectivity index is 4.33. The Labute approximate surface area is 499 Å². The second-order valence-electron chi connectivity index (χ2n) is 21.3. The van der Waals surface area contributed by atoms with E-state index >= 15 is 0 Å². The summed E-state index contributed by atoms with van der Waals surface area (Å²) in [6, 6.07) is 0. The van der Waals surface area contributed by atoms with Crippen LogP contribution in [0.2, 0.25) is 0 Å². The van der Waals surface area contributed by atoms with Crippen molar-refractivity contribution in [3.63, 3.8) is 0 Å². The summed E-state index contributed by atoms with van der Waals surface area (Å²) in [5, 5.41) is 0. The number of carbonyl (C=O) groups is 3. The number of hydrogen-bond donors (Lipinski definition) is 0. The second-order valence-corrected chi connectivity index (χ2v) is 21.3. The third-order valence-electron chi connectivity index (χ3n) is 13.5. The SMILES string of the molecule is CC/C=C\C/C=C\C/C=C\C/C=C\C/C=C\C/C=C\C/C=C\C/C=C\CCCCCCCCCCC(=O)OCC(COC(=O)CCCCCCC/C=C\CCCCCC)OC(=O)CCCCCC/C=C\C/C=C\C/C=C\C/C=C\CC. The molecule has 1 unspecified atom stereocenters.